The highest BCUT2D eigenvalue weighted by Crippen LogP contribution is 2.29. The highest BCUT2D eigenvalue weighted by molar-refractivity contribution is 6.07. The van der Waals surface area contributed by atoms with E-state index in [4.69, 9.17) is 4.74 Å². The molecule has 1 aromatic rings. The molecular formula is C14H18N2O3. The monoisotopic (exact) mass is 262 g/mol. The van der Waals surface area contributed by atoms with Crippen LogP contribution in [0.25, 0.3) is 0 Å². The summed E-state index contributed by atoms with van der Waals surface area (Å²) in [4.78, 5) is 25.6. The van der Waals surface area contributed by atoms with E-state index in [1.165, 1.54) is 4.90 Å². The predicted octanol–water partition coefficient (Wildman–Crippen LogP) is 1.33. The maximum absolute atomic E-state index is 12.4. The third-order valence-electron chi connectivity index (χ3n) is 3.15. The van der Waals surface area contributed by atoms with Crippen molar-refractivity contribution in [2.24, 2.45) is 0 Å². The molecule has 0 radical (unpaired) electrons. The summed E-state index contributed by atoms with van der Waals surface area (Å²) >= 11 is 0. The molecule has 0 spiro atoms. The van der Waals surface area contributed by atoms with Gasteiger partial charge in [-0.25, -0.2) is 0 Å². The number of rotatable bonds is 4. The average molecular weight is 262 g/mol. The van der Waals surface area contributed by atoms with Gasteiger partial charge in [0.1, 0.15) is 18.3 Å². The standard InChI is InChI=1S/C14H18N2O3/c1-3-6-10-14(18)16(9-13(17)15-10)11-7-4-5-8-12(11)19-2/h4-5,7-8,10H,3,6,9H2,1-2H3,(H,15,17). The molecule has 0 bridgehead atoms. The quantitative estimate of drug-likeness (QED) is 0.890. The third-order valence-corrected chi connectivity index (χ3v) is 3.15. The number of carbonyl (C=O) groups excluding carboxylic acids is 2. The number of amides is 2. The highest BCUT2D eigenvalue weighted by atomic mass is 16.5. The Morgan fingerprint density at radius 2 is 2.11 bits per heavy atom. The minimum Gasteiger partial charge on any atom is -0.495 e. The van der Waals surface area contributed by atoms with Crippen LogP contribution < -0.4 is 15.0 Å². The number of anilines is 1. The maximum Gasteiger partial charge on any atom is 0.250 e. The first-order valence-electron chi connectivity index (χ1n) is 6.41. The lowest BCUT2D eigenvalue weighted by molar-refractivity contribution is -0.131. The van der Waals surface area contributed by atoms with E-state index in [9.17, 15) is 9.59 Å². The van der Waals surface area contributed by atoms with E-state index in [1.807, 2.05) is 19.1 Å². The Kier molecular flexibility index (Phi) is 4.04. The van der Waals surface area contributed by atoms with Crippen LogP contribution in [0.15, 0.2) is 24.3 Å². The molecule has 1 aromatic carbocycles. The molecule has 1 aliphatic rings. The molecule has 2 amide bonds. The number of nitrogens with one attached hydrogen (secondary N) is 1. The number of piperazine rings is 1. The fourth-order valence-corrected chi connectivity index (χ4v) is 2.25. The molecule has 19 heavy (non-hydrogen) atoms. The molecule has 1 aliphatic heterocycles. The molecule has 1 saturated heterocycles. The zero-order chi connectivity index (χ0) is 13.8. The number of nitrogens with zero attached hydrogens (tertiary/aromatic N) is 1. The van der Waals surface area contributed by atoms with E-state index in [0.717, 1.165) is 6.42 Å². The van der Waals surface area contributed by atoms with Crippen LogP contribution in [0.5, 0.6) is 5.75 Å². The van der Waals surface area contributed by atoms with Crippen LogP contribution in [0, 0.1) is 0 Å². The number of hydrogen-bond acceptors (Lipinski definition) is 3. The smallest absolute Gasteiger partial charge is 0.250 e. The van der Waals surface area contributed by atoms with Gasteiger partial charge in [0.05, 0.1) is 12.8 Å². The minimum absolute atomic E-state index is 0.0411. The normalized spacial score (nSPS) is 19.3. The minimum atomic E-state index is -0.434. The Balaban J connectivity index is 2.31. The average Bonchev–Trinajstić information content (AvgIpc) is 2.42. The van der Waals surface area contributed by atoms with Crippen LogP contribution in [0.3, 0.4) is 0 Å². The molecule has 0 saturated carbocycles. The number of carbonyl (C=O) groups is 2. The van der Waals surface area contributed by atoms with Crippen molar-refractivity contribution in [1.82, 2.24) is 5.32 Å². The Labute approximate surface area is 112 Å². The number of hydrogen-bond donors (Lipinski definition) is 1. The fourth-order valence-electron chi connectivity index (χ4n) is 2.25. The Morgan fingerprint density at radius 1 is 1.37 bits per heavy atom. The molecule has 5 heteroatoms. The van der Waals surface area contributed by atoms with Crippen molar-refractivity contribution in [2.75, 3.05) is 18.6 Å². The molecule has 1 N–H and O–H groups in total. The molecule has 1 unspecified atom stereocenters. The van der Waals surface area contributed by atoms with Gasteiger partial charge in [0.15, 0.2) is 0 Å². The highest BCUT2D eigenvalue weighted by Gasteiger charge is 2.33. The van der Waals surface area contributed by atoms with Gasteiger partial charge in [0.2, 0.25) is 11.8 Å². The van der Waals surface area contributed by atoms with Gasteiger partial charge in [0, 0.05) is 0 Å². The van der Waals surface area contributed by atoms with Crippen LogP contribution in [-0.2, 0) is 9.59 Å². The first kappa shape index (κ1) is 13.4. The first-order valence-corrected chi connectivity index (χ1v) is 6.41. The molecule has 102 valence electrons. The molecule has 1 atom stereocenters. The van der Waals surface area contributed by atoms with Gasteiger partial charge >= 0.3 is 0 Å². The van der Waals surface area contributed by atoms with Gasteiger partial charge in [-0.15, -0.1) is 0 Å². The second kappa shape index (κ2) is 5.73. The fraction of sp³-hybridized carbons (Fsp3) is 0.429. The summed E-state index contributed by atoms with van der Waals surface area (Å²) in [5.74, 6) is 0.385. The van der Waals surface area contributed by atoms with Crippen molar-refractivity contribution >= 4 is 17.5 Å². The van der Waals surface area contributed by atoms with Crippen molar-refractivity contribution < 1.29 is 14.3 Å². The number of ether oxygens (including phenoxy) is 1. The van der Waals surface area contributed by atoms with E-state index < -0.39 is 6.04 Å². The topological polar surface area (TPSA) is 58.6 Å². The molecule has 5 nitrogen and oxygen atoms in total. The molecule has 1 fully saturated rings. The summed E-state index contributed by atoms with van der Waals surface area (Å²) in [5, 5.41) is 2.73. The number of para-hydroxylation sites is 2. The van der Waals surface area contributed by atoms with Crippen molar-refractivity contribution in [3.8, 4) is 5.75 Å². The van der Waals surface area contributed by atoms with Gasteiger partial charge in [-0.1, -0.05) is 25.5 Å². The van der Waals surface area contributed by atoms with E-state index in [1.54, 1.807) is 19.2 Å². The van der Waals surface area contributed by atoms with Crippen LogP contribution in [0.1, 0.15) is 19.8 Å². The number of methoxy groups -OCH3 is 1. The van der Waals surface area contributed by atoms with Crippen molar-refractivity contribution in [3.05, 3.63) is 24.3 Å². The van der Waals surface area contributed by atoms with Gasteiger partial charge in [-0.3, -0.25) is 14.5 Å². The summed E-state index contributed by atoms with van der Waals surface area (Å²) in [7, 11) is 1.55. The predicted molar refractivity (Wildman–Crippen MR) is 72.2 cm³/mol. The summed E-state index contributed by atoms with van der Waals surface area (Å²) in [6.07, 6.45) is 1.49. The van der Waals surface area contributed by atoms with Crippen molar-refractivity contribution in [1.29, 1.82) is 0 Å². The SMILES string of the molecule is CCCC1NC(=O)CN(c2ccccc2OC)C1=O. The lowest BCUT2D eigenvalue weighted by Crippen LogP contribution is -2.58. The van der Waals surface area contributed by atoms with Crippen LogP contribution in [-0.4, -0.2) is 31.5 Å². The lowest BCUT2D eigenvalue weighted by Gasteiger charge is -2.33. The Hall–Kier alpha value is -2.04. The summed E-state index contributed by atoms with van der Waals surface area (Å²) < 4.78 is 5.25. The molecular weight excluding hydrogens is 244 g/mol. The molecule has 0 aliphatic carbocycles. The summed E-state index contributed by atoms with van der Waals surface area (Å²) in [5.41, 5.74) is 0.644. The van der Waals surface area contributed by atoms with Crippen LogP contribution >= 0.6 is 0 Å². The molecule has 1 heterocycles. The summed E-state index contributed by atoms with van der Waals surface area (Å²) in [6, 6.07) is 6.80. The van der Waals surface area contributed by atoms with Gasteiger partial charge in [0.25, 0.3) is 0 Å². The second-order valence-corrected chi connectivity index (χ2v) is 4.51. The second-order valence-electron chi connectivity index (χ2n) is 4.51. The van der Waals surface area contributed by atoms with Crippen LogP contribution in [0.4, 0.5) is 5.69 Å². The molecule has 2 rings (SSSR count). The zero-order valence-electron chi connectivity index (χ0n) is 11.2. The lowest BCUT2D eigenvalue weighted by atomic mass is 10.1. The third kappa shape index (κ3) is 2.70. The first-order chi connectivity index (χ1) is 9.17. The van der Waals surface area contributed by atoms with Gasteiger partial charge < -0.3 is 10.1 Å². The van der Waals surface area contributed by atoms with E-state index in [0.29, 0.717) is 17.9 Å². The molecule has 0 aromatic heterocycles. The van der Waals surface area contributed by atoms with Gasteiger partial charge in [-0.05, 0) is 18.6 Å². The van der Waals surface area contributed by atoms with E-state index >= 15 is 0 Å². The number of benzene rings is 1. The van der Waals surface area contributed by atoms with Crippen molar-refractivity contribution in [3.63, 3.8) is 0 Å². The summed E-state index contributed by atoms with van der Waals surface area (Å²) in [6.45, 7) is 2.03. The van der Waals surface area contributed by atoms with Crippen molar-refractivity contribution in [2.45, 2.75) is 25.8 Å². The Bertz CT molecular complexity index is 487. The maximum atomic E-state index is 12.4. The largest absolute Gasteiger partial charge is 0.495 e. The zero-order valence-corrected chi connectivity index (χ0v) is 11.2. The van der Waals surface area contributed by atoms with E-state index in [2.05, 4.69) is 5.32 Å². The Morgan fingerprint density at radius 3 is 2.79 bits per heavy atom. The van der Waals surface area contributed by atoms with E-state index in [-0.39, 0.29) is 18.4 Å². The van der Waals surface area contributed by atoms with Crippen LogP contribution in [0.2, 0.25) is 0 Å². The van der Waals surface area contributed by atoms with Gasteiger partial charge in [-0.2, -0.15) is 0 Å².